The molecule has 27 heavy (non-hydrogen) atoms. The SMILES string of the molecule is O=C(NCC(O)COc1ccc2c(c1)OCO2)C1(c2cccc(Cl)c2)CC1. The fraction of sp³-hybridized carbons (Fsp3) is 0.350. The van der Waals surface area contributed by atoms with Crippen molar-refractivity contribution in [3.63, 3.8) is 0 Å². The van der Waals surface area contributed by atoms with Crippen LogP contribution < -0.4 is 19.5 Å². The standard InChI is InChI=1S/C20H20ClNO5/c21-14-3-1-2-13(8-14)20(6-7-20)19(24)22-10-15(23)11-25-16-4-5-17-18(9-16)27-12-26-17/h1-5,8-9,15,23H,6-7,10-12H2,(H,22,24). The Balaban J connectivity index is 1.28. The zero-order valence-electron chi connectivity index (χ0n) is 14.6. The molecule has 2 aliphatic rings. The van der Waals surface area contributed by atoms with Crippen molar-refractivity contribution in [3.8, 4) is 17.2 Å². The maximum Gasteiger partial charge on any atom is 0.231 e. The van der Waals surface area contributed by atoms with Crippen LogP contribution in [0.2, 0.25) is 5.02 Å². The van der Waals surface area contributed by atoms with Gasteiger partial charge in [0.15, 0.2) is 11.5 Å². The van der Waals surface area contributed by atoms with Crippen LogP contribution in [0.1, 0.15) is 18.4 Å². The maximum atomic E-state index is 12.6. The second-order valence-electron chi connectivity index (χ2n) is 6.78. The van der Waals surface area contributed by atoms with Crippen LogP contribution in [-0.2, 0) is 10.2 Å². The van der Waals surface area contributed by atoms with Gasteiger partial charge in [-0.2, -0.15) is 0 Å². The van der Waals surface area contributed by atoms with Crippen molar-refractivity contribution < 1.29 is 24.1 Å². The first-order valence-corrected chi connectivity index (χ1v) is 9.19. The molecular weight excluding hydrogens is 370 g/mol. The van der Waals surface area contributed by atoms with Crippen molar-refractivity contribution in [2.75, 3.05) is 19.9 Å². The smallest absolute Gasteiger partial charge is 0.231 e. The molecule has 1 fully saturated rings. The fourth-order valence-electron chi connectivity index (χ4n) is 3.16. The molecule has 1 saturated carbocycles. The van der Waals surface area contributed by atoms with Gasteiger partial charge in [0.1, 0.15) is 18.5 Å². The first-order valence-electron chi connectivity index (χ1n) is 8.82. The highest BCUT2D eigenvalue weighted by atomic mass is 35.5. The first-order chi connectivity index (χ1) is 13.1. The Bertz CT molecular complexity index is 852. The summed E-state index contributed by atoms with van der Waals surface area (Å²) in [5, 5.41) is 13.6. The molecule has 1 unspecified atom stereocenters. The normalized spacial score (nSPS) is 17.3. The van der Waals surface area contributed by atoms with Crippen molar-refractivity contribution >= 4 is 17.5 Å². The highest BCUT2D eigenvalue weighted by Crippen LogP contribution is 2.48. The third-order valence-corrected chi connectivity index (χ3v) is 5.08. The molecular formula is C20H20ClNO5. The van der Waals surface area contributed by atoms with Gasteiger partial charge in [-0.05, 0) is 42.7 Å². The number of carbonyl (C=O) groups excluding carboxylic acids is 1. The zero-order chi connectivity index (χ0) is 18.9. The van der Waals surface area contributed by atoms with Gasteiger partial charge in [-0.3, -0.25) is 4.79 Å². The highest BCUT2D eigenvalue weighted by molar-refractivity contribution is 6.30. The molecule has 2 aromatic carbocycles. The molecule has 6 nitrogen and oxygen atoms in total. The molecule has 0 saturated heterocycles. The number of carbonyl (C=O) groups is 1. The van der Waals surface area contributed by atoms with E-state index in [1.165, 1.54) is 0 Å². The minimum atomic E-state index is -0.825. The zero-order valence-corrected chi connectivity index (χ0v) is 15.4. The maximum absolute atomic E-state index is 12.6. The predicted molar refractivity (Wildman–Crippen MR) is 99.4 cm³/mol. The van der Waals surface area contributed by atoms with Crippen LogP contribution in [0.5, 0.6) is 17.2 Å². The molecule has 2 N–H and O–H groups in total. The Morgan fingerprint density at radius 1 is 1.22 bits per heavy atom. The Labute approximate surface area is 162 Å². The van der Waals surface area contributed by atoms with Crippen LogP contribution in [0.15, 0.2) is 42.5 Å². The number of hydrogen-bond donors (Lipinski definition) is 2. The average molecular weight is 390 g/mol. The highest BCUT2D eigenvalue weighted by Gasteiger charge is 2.51. The molecule has 1 heterocycles. The monoisotopic (exact) mass is 389 g/mol. The summed E-state index contributed by atoms with van der Waals surface area (Å²) in [6.07, 6.45) is 0.737. The van der Waals surface area contributed by atoms with E-state index in [2.05, 4.69) is 5.32 Å². The van der Waals surface area contributed by atoms with Crippen LogP contribution in [0.3, 0.4) is 0 Å². The van der Waals surface area contributed by atoms with Gasteiger partial charge in [0.25, 0.3) is 0 Å². The Morgan fingerprint density at radius 3 is 2.81 bits per heavy atom. The van der Waals surface area contributed by atoms with Crippen LogP contribution in [-0.4, -0.2) is 37.1 Å². The molecule has 0 spiro atoms. The second-order valence-corrected chi connectivity index (χ2v) is 7.22. The van der Waals surface area contributed by atoms with Gasteiger partial charge in [-0.25, -0.2) is 0 Å². The number of aliphatic hydroxyl groups is 1. The summed E-state index contributed by atoms with van der Waals surface area (Å²) in [6, 6.07) is 12.6. The van der Waals surface area contributed by atoms with E-state index in [1.807, 2.05) is 18.2 Å². The van der Waals surface area contributed by atoms with E-state index in [4.69, 9.17) is 25.8 Å². The van der Waals surface area contributed by atoms with Gasteiger partial charge in [-0.1, -0.05) is 23.7 Å². The Hall–Kier alpha value is -2.44. The van der Waals surface area contributed by atoms with E-state index in [1.54, 1.807) is 24.3 Å². The number of ether oxygens (including phenoxy) is 3. The fourth-order valence-corrected chi connectivity index (χ4v) is 3.35. The van der Waals surface area contributed by atoms with Gasteiger partial charge in [0.05, 0.1) is 5.41 Å². The van der Waals surface area contributed by atoms with Crippen molar-refractivity contribution in [2.24, 2.45) is 0 Å². The van der Waals surface area contributed by atoms with Gasteiger partial charge < -0.3 is 24.6 Å². The molecule has 0 aromatic heterocycles. The first kappa shape index (κ1) is 17.9. The third kappa shape index (κ3) is 3.82. The van der Waals surface area contributed by atoms with E-state index >= 15 is 0 Å². The van der Waals surface area contributed by atoms with E-state index in [-0.39, 0.29) is 25.9 Å². The summed E-state index contributed by atoms with van der Waals surface area (Å²) >= 11 is 6.04. The third-order valence-electron chi connectivity index (χ3n) is 4.85. The van der Waals surface area contributed by atoms with Crippen molar-refractivity contribution in [2.45, 2.75) is 24.4 Å². The van der Waals surface area contributed by atoms with E-state index in [0.717, 1.165) is 18.4 Å². The number of aliphatic hydroxyl groups excluding tert-OH is 1. The van der Waals surface area contributed by atoms with E-state index in [9.17, 15) is 9.90 Å². The molecule has 0 bridgehead atoms. The summed E-state index contributed by atoms with van der Waals surface area (Å²) in [5.74, 6) is 1.77. The van der Waals surface area contributed by atoms with Gasteiger partial charge in [0.2, 0.25) is 12.7 Å². The number of benzene rings is 2. The largest absolute Gasteiger partial charge is 0.491 e. The van der Waals surface area contributed by atoms with Crippen LogP contribution in [0.4, 0.5) is 0 Å². The number of nitrogens with one attached hydrogen (secondary N) is 1. The van der Waals surface area contributed by atoms with Gasteiger partial charge >= 0.3 is 0 Å². The number of hydrogen-bond acceptors (Lipinski definition) is 5. The second kappa shape index (κ2) is 7.29. The Kier molecular flexibility index (Phi) is 4.85. The van der Waals surface area contributed by atoms with Crippen LogP contribution in [0.25, 0.3) is 0 Å². The van der Waals surface area contributed by atoms with Crippen LogP contribution >= 0.6 is 11.6 Å². The van der Waals surface area contributed by atoms with Gasteiger partial charge in [-0.15, -0.1) is 0 Å². The molecule has 0 radical (unpaired) electrons. The number of fused-ring (bicyclic) bond motifs is 1. The van der Waals surface area contributed by atoms with Gasteiger partial charge in [0, 0.05) is 17.6 Å². The summed E-state index contributed by atoms with van der Waals surface area (Å²) in [7, 11) is 0. The van der Waals surface area contributed by atoms with Crippen molar-refractivity contribution in [3.05, 3.63) is 53.1 Å². The van der Waals surface area contributed by atoms with E-state index in [0.29, 0.717) is 22.3 Å². The molecule has 142 valence electrons. The average Bonchev–Trinajstić information content (AvgIpc) is 3.36. The van der Waals surface area contributed by atoms with Crippen molar-refractivity contribution in [1.82, 2.24) is 5.32 Å². The molecule has 4 rings (SSSR count). The molecule has 1 atom stereocenters. The summed E-state index contributed by atoms with van der Waals surface area (Å²) in [4.78, 5) is 12.6. The lowest BCUT2D eigenvalue weighted by Crippen LogP contribution is -2.40. The van der Waals surface area contributed by atoms with E-state index < -0.39 is 11.5 Å². The molecule has 2 aromatic rings. The lowest BCUT2D eigenvalue weighted by Gasteiger charge is -2.18. The molecule has 1 aliphatic carbocycles. The number of rotatable bonds is 7. The Morgan fingerprint density at radius 2 is 2.04 bits per heavy atom. The van der Waals surface area contributed by atoms with Crippen LogP contribution in [0, 0.1) is 0 Å². The topological polar surface area (TPSA) is 77.0 Å². The van der Waals surface area contributed by atoms with Crippen molar-refractivity contribution in [1.29, 1.82) is 0 Å². The minimum Gasteiger partial charge on any atom is -0.491 e. The lowest BCUT2D eigenvalue weighted by atomic mass is 9.95. The molecule has 1 aliphatic heterocycles. The quantitative estimate of drug-likeness (QED) is 0.761. The predicted octanol–water partition coefficient (Wildman–Crippen LogP) is 2.66. The summed E-state index contributed by atoms with van der Waals surface area (Å²) in [5.41, 5.74) is 0.390. The number of amides is 1. The number of halogens is 1. The molecule has 1 amide bonds. The summed E-state index contributed by atoms with van der Waals surface area (Å²) < 4.78 is 16.1. The minimum absolute atomic E-state index is 0.0596. The molecule has 7 heteroatoms. The lowest BCUT2D eigenvalue weighted by molar-refractivity contribution is -0.124. The summed E-state index contributed by atoms with van der Waals surface area (Å²) in [6.45, 7) is 0.373.